The zero-order chi connectivity index (χ0) is 10.0. The van der Waals surface area contributed by atoms with Crippen molar-refractivity contribution < 1.29 is 0 Å². The van der Waals surface area contributed by atoms with E-state index in [-0.39, 0.29) is 0 Å². The van der Waals surface area contributed by atoms with E-state index < -0.39 is 0 Å². The zero-order valence-electron chi connectivity index (χ0n) is 8.68. The Balaban J connectivity index is 1.90. The van der Waals surface area contributed by atoms with Gasteiger partial charge < -0.3 is 11.1 Å². The Morgan fingerprint density at radius 2 is 2.36 bits per heavy atom. The fourth-order valence-corrected chi connectivity index (χ4v) is 2.76. The van der Waals surface area contributed by atoms with Crippen LogP contribution in [0.3, 0.4) is 0 Å². The van der Waals surface area contributed by atoms with E-state index >= 15 is 0 Å². The summed E-state index contributed by atoms with van der Waals surface area (Å²) in [6, 6.07) is 1.99. The molecule has 1 aromatic heterocycles. The molecule has 1 aliphatic carbocycles. The van der Waals surface area contributed by atoms with Crippen LogP contribution in [0.15, 0.2) is 11.4 Å². The minimum atomic E-state index is 0.427. The summed E-state index contributed by atoms with van der Waals surface area (Å²) in [5, 5.41) is 5.72. The van der Waals surface area contributed by atoms with E-state index in [1.807, 2.05) is 6.07 Å². The minimum Gasteiger partial charge on any atom is -0.398 e. The third-order valence-corrected chi connectivity index (χ3v) is 4.33. The first kappa shape index (κ1) is 9.99. The molecule has 78 valence electrons. The fraction of sp³-hybridized carbons (Fsp3) is 0.636. The van der Waals surface area contributed by atoms with Crippen molar-refractivity contribution in [3.63, 3.8) is 0 Å². The van der Waals surface area contributed by atoms with E-state index in [2.05, 4.69) is 17.6 Å². The molecule has 0 amide bonds. The third kappa shape index (κ3) is 1.79. The molecular weight excluding hydrogens is 192 g/mol. The highest BCUT2D eigenvalue weighted by molar-refractivity contribution is 7.10. The highest BCUT2D eigenvalue weighted by atomic mass is 32.1. The van der Waals surface area contributed by atoms with Gasteiger partial charge in [0.2, 0.25) is 0 Å². The molecular formula is C11H18N2S. The van der Waals surface area contributed by atoms with E-state index in [4.69, 9.17) is 5.73 Å². The normalized spacial score (nSPS) is 19.2. The average Bonchev–Trinajstić information content (AvgIpc) is 2.51. The van der Waals surface area contributed by atoms with Crippen molar-refractivity contribution in [3.8, 4) is 0 Å². The maximum absolute atomic E-state index is 5.84. The molecule has 0 aromatic carbocycles. The van der Waals surface area contributed by atoms with E-state index in [0.717, 1.165) is 12.2 Å². The number of nitrogens with two attached hydrogens (primary N) is 1. The van der Waals surface area contributed by atoms with Crippen LogP contribution in [-0.4, -0.2) is 5.54 Å². The predicted molar refractivity (Wildman–Crippen MR) is 62.4 cm³/mol. The topological polar surface area (TPSA) is 38.0 Å². The molecule has 0 radical (unpaired) electrons. The van der Waals surface area contributed by atoms with Crippen LogP contribution in [0.4, 0.5) is 5.69 Å². The summed E-state index contributed by atoms with van der Waals surface area (Å²) >= 11 is 1.75. The van der Waals surface area contributed by atoms with Crippen LogP contribution in [0.1, 0.15) is 37.5 Å². The summed E-state index contributed by atoms with van der Waals surface area (Å²) in [6.07, 6.45) is 5.27. The summed E-state index contributed by atoms with van der Waals surface area (Å²) < 4.78 is 0. The molecule has 1 heterocycles. The first-order valence-electron chi connectivity index (χ1n) is 5.33. The van der Waals surface area contributed by atoms with Gasteiger partial charge in [-0.1, -0.05) is 6.92 Å². The SMILES string of the molecule is CCC1(NCc2sccc2N)CCC1. The summed E-state index contributed by atoms with van der Waals surface area (Å²) in [7, 11) is 0. The number of thiophene rings is 1. The maximum Gasteiger partial charge on any atom is 0.0468 e. The molecule has 2 rings (SSSR count). The Morgan fingerprint density at radius 3 is 2.79 bits per heavy atom. The Morgan fingerprint density at radius 1 is 1.57 bits per heavy atom. The van der Waals surface area contributed by atoms with Gasteiger partial charge in [-0.25, -0.2) is 0 Å². The Labute approximate surface area is 89.5 Å². The lowest BCUT2D eigenvalue weighted by atomic mass is 9.75. The highest BCUT2D eigenvalue weighted by Gasteiger charge is 2.34. The van der Waals surface area contributed by atoms with Gasteiger partial charge in [-0.3, -0.25) is 0 Å². The number of rotatable bonds is 4. The molecule has 0 bridgehead atoms. The van der Waals surface area contributed by atoms with Gasteiger partial charge in [-0.2, -0.15) is 0 Å². The minimum absolute atomic E-state index is 0.427. The molecule has 1 fully saturated rings. The van der Waals surface area contributed by atoms with Crippen LogP contribution >= 0.6 is 11.3 Å². The van der Waals surface area contributed by atoms with Gasteiger partial charge in [0.05, 0.1) is 0 Å². The number of anilines is 1. The molecule has 14 heavy (non-hydrogen) atoms. The summed E-state index contributed by atoms with van der Waals surface area (Å²) in [4.78, 5) is 1.28. The van der Waals surface area contributed by atoms with Crippen molar-refractivity contribution in [2.75, 3.05) is 5.73 Å². The molecule has 3 heteroatoms. The van der Waals surface area contributed by atoms with E-state index in [9.17, 15) is 0 Å². The lowest BCUT2D eigenvalue weighted by molar-refractivity contribution is 0.176. The zero-order valence-corrected chi connectivity index (χ0v) is 9.49. The van der Waals surface area contributed by atoms with Crippen LogP contribution < -0.4 is 11.1 Å². The standard InChI is InChI=1S/C11H18N2S/c1-2-11(5-3-6-11)13-8-10-9(12)4-7-14-10/h4,7,13H,2-3,5-6,8,12H2,1H3. The predicted octanol–water partition coefficient (Wildman–Crippen LogP) is 2.75. The van der Waals surface area contributed by atoms with E-state index in [0.29, 0.717) is 5.54 Å². The Kier molecular flexibility index (Phi) is 2.79. The molecule has 2 nitrogen and oxygen atoms in total. The van der Waals surface area contributed by atoms with Crippen molar-refractivity contribution in [3.05, 3.63) is 16.3 Å². The van der Waals surface area contributed by atoms with Crippen molar-refractivity contribution in [1.82, 2.24) is 5.32 Å². The largest absolute Gasteiger partial charge is 0.398 e. The number of hydrogen-bond acceptors (Lipinski definition) is 3. The van der Waals surface area contributed by atoms with Crippen molar-refractivity contribution in [2.24, 2.45) is 0 Å². The van der Waals surface area contributed by atoms with Crippen LogP contribution in [-0.2, 0) is 6.54 Å². The molecule has 3 N–H and O–H groups in total. The highest BCUT2D eigenvalue weighted by Crippen LogP contribution is 2.35. The van der Waals surface area contributed by atoms with Gasteiger partial charge in [-0.15, -0.1) is 11.3 Å². The van der Waals surface area contributed by atoms with Crippen LogP contribution in [0.5, 0.6) is 0 Å². The van der Waals surface area contributed by atoms with E-state index in [1.165, 1.54) is 30.6 Å². The molecule has 0 atom stereocenters. The molecule has 0 spiro atoms. The van der Waals surface area contributed by atoms with Crippen LogP contribution in [0.2, 0.25) is 0 Å². The summed E-state index contributed by atoms with van der Waals surface area (Å²) in [5.74, 6) is 0. The second-order valence-electron chi connectivity index (χ2n) is 4.14. The fourth-order valence-electron chi connectivity index (χ4n) is 2.02. The average molecular weight is 210 g/mol. The second kappa shape index (κ2) is 3.91. The van der Waals surface area contributed by atoms with Crippen LogP contribution in [0, 0.1) is 0 Å². The summed E-state index contributed by atoms with van der Waals surface area (Å²) in [5.41, 5.74) is 7.21. The molecule has 1 saturated carbocycles. The number of hydrogen-bond donors (Lipinski definition) is 2. The second-order valence-corrected chi connectivity index (χ2v) is 5.14. The lowest BCUT2D eigenvalue weighted by Crippen LogP contribution is -2.49. The lowest BCUT2D eigenvalue weighted by Gasteiger charge is -2.42. The first-order valence-corrected chi connectivity index (χ1v) is 6.21. The molecule has 0 unspecified atom stereocenters. The first-order chi connectivity index (χ1) is 6.76. The number of nitrogens with one attached hydrogen (secondary N) is 1. The van der Waals surface area contributed by atoms with Gasteiger partial charge in [0.25, 0.3) is 0 Å². The number of nitrogen functional groups attached to an aromatic ring is 1. The monoisotopic (exact) mass is 210 g/mol. The van der Waals surface area contributed by atoms with Gasteiger partial charge >= 0.3 is 0 Å². The Hall–Kier alpha value is -0.540. The van der Waals surface area contributed by atoms with Crippen molar-refractivity contribution >= 4 is 17.0 Å². The quantitative estimate of drug-likeness (QED) is 0.802. The molecule has 0 aliphatic heterocycles. The maximum atomic E-state index is 5.84. The molecule has 0 saturated heterocycles. The van der Waals surface area contributed by atoms with Gasteiger partial charge in [0.15, 0.2) is 0 Å². The van der Waals surface area contributed by atoms with Crippen molar-refractivity contribution in [1.29, 1.82) is 0 Å². The molecule has 1 aromatic rings. The molecule has 1 aliphatic rings. The van der Waals surface area contributed by atoms with Crippen molar-refractivity contribution in [2.45, 2.75) is 44.7 Å². The van der Waals surface area contributed by atoms with Gasteiger partial charge in [0.1, 0.15) is 0 Å². The third-order valence-electron chi connectivity index (χ3n) is 3.39. The Bertz CT molecular complexity index is 296. The van der Waals surface area contributed by atoms with Crippen LogP contribution in [0.25, 0.3) is 0 Å². The van der Waals surface area contributed by atoms with Gasteiger partial charge in [0, 0.05) is 22.6 Å². The summed E-state index contributed by atoms with van der Waals surface area (Å²) in [6.45, 7) is 3.21. The smallest absolute Gasteiger partial charge is 0.0468 e. The van der Waals surface area contributed by atoms with Gasteiger partial charge in [-0.05, 0) is 37.1 Å². The van der Waals surface area contributed by atoms with E-state index in [1.54, 1.807) is 11.3 Å².